The smallest absolute Gasteiger partial charge is 0.264 e. The third kappa shape index (κ3) is 9.23. The number of rotatable bonds is 13. The molecule has 0 aliphatic rings. The van der Waals surface area contributed by atoms with Crippen LogP contribution in [0.3, 0.4) is 0 Å². The average Bonchev–Trinajstić information content (AvgIpc) is 3.02. The van der Waals surface area contributed by atoms with Crippen molar-refractivity contribution >= 4 is 62.3 Å². The highest BCUT2D eigenvalue weighted by Gasteiger charge is 2.35. The third-order valence-corrected chi connectivity index (χ3v) is 9.63. The molecule has 0 aromatic heterocycles. The van der Waals surface area contributed by atoms with Gasteiger partial charge in [0, 0.05) is 34.6 Å². The van der Waals surface area contributed by atoms with Gasteiger partial charge >= 0.3 is 0 Å². The first-order valence-corrected chi connectivity index (χ1v) is 16.9. The standard InChI is InChI=1S/C34H34Cl3N3O4S/c1-24(2)21-38-34(42)32(18-25-10-5-3-6-11-25)39(22-26-16-17-28(36)20-31(26)37)33(41)23-40(29-13-9-12-27(35)19-29)45(43,44)30-14-7-4-8-15-30/h3-17,19-20,24,32H,18,21-23H2,1-2H3,(H,38,42). The second-order valence-corrected chi connectivity index (χ2v) is 14.0. The predicted molar refractivity (Wildman–Crippen MR) is 181 cm³/mol. The lowest BCUT2D eigenvalue weighted by molar-refractivity contribution is -0.140. The molecule has 0 spiro atoms. The summed E-state index contributed by atoms with van der Waals surface area (Å²) >= 11 is 19.0. The first kappa shape index (κ1) is 34.3. The zero-order valence-electron chi connectivity index (χ0n) is 24.9. The number of carbonyl (C=O) groups is 2. The zero-order valence-corrected chi connectivity index (χ0v) is 28.0. The van der Waals surface area contributed by atoms with Crippen molar-refractivity contribution in [1.82, 2.24) is 10.2 Å². The molecule has 4 rings (SSSR count). The molecule has 0 bridgehead atoms. The number of benzene rings is 4. The second kappa shape index (κ2) is 15.6. The van der Waals surface area contributed by atoms with Crippen LogP contribution in [0.15, 0.2) is 108 Å². The van der Waals surface area contributed by atoms with Crippen molar-refractivity contribution in [2.45, 2.75) is 37.8 Å². The van der Waals surface area contributed by atoms with E-state index >= 15 is 0 Å². The van der Waals surface area contributed by atoms with Gasteiger partial charge in [0.2, 0.25) is 11.8 Å². The average molecular weight is 687 g/mol. The molecule has 1 atom stereocenters. The molecule has 0 saturated carbocycles. The summed E-state index contributed by atoms with van der Waals surface area (Å²) < 4.78 is 29.1. The minimum Gasteiger partial charge on any atom is -0.354 e. The van der Waals surface area contributed by atoms with E-state index in [-0.39, 0.29) is 35.4 Å². The van der Waals surface area contributed by atoms with Crippen LogP contribution in [0.25, 0.3) is 0 Å². The summed E-state index contributed by atoms with van der Waals surface area (Å²) in [5.41, 5.74) is 1.57. The summed E-state index contributed by atoms with van der Waals surface area (Å²) in [6.07, 6.45) is 0.185. The molecule has 1 unspecified atom stereocenters. The largest absolute Gasteiger partial charge is 0.354 e. The number of anilines is 1. The maximum Gasteiger partial charge on any atom is 0.264 e. The normalized spacial score (nSPS) is 12.0. The fourth-order valence-corrected chi connectivity index (χ4v) is 6.77. The van der Waals surface area contributed by atoms with Gasteiger partial charge in [0.25, 0.3) is 10.0 Å². The molecule has 0 fully saturated rings. The Balaban J connectivity index is 1.81. The second-order valence-electron chi connectivity index (χ2n) is 10.9. The number of hydrogen-bond acceptors (Lipinski definition) is 4. The van der Waals surface area contributed by atoms with Crippen molar-refractivity contribution in [2.24, 2.45) is 5.92 Å². The van der Waals surface area contributed by atoms with Crippen LogP contribution in [0.4, 0.5) is 5.69 Å². The third-order valence-electron chi connectivity index (χ3n) is 7.02. The quantitative estimate of drug-likeness (QED) is 0.161. The molecule has 45 heavy (non-hydrogen) atoms. The van der Waals surface area contributed by atoms with Gasteiger partial charge in [-0.05, 0) is 59.5 Å². The van der Waals surface area contributed by atoms with Crippen LogP contribution in [-0.4, -0.2) is 44.3 Å². The molecule has 0 heterocycles. The van der Waals surface area contributed by atoms with Crippen LogP contribution in [0.1, 0.15) is 25.0 Å². The van der Waals surface area contributed by atoms with Crippen LogP contribution in [0, 0.1) is 5.92 Å². The molecule has 0 saturated heterocycles. The van der Waals surface area contributed by atoms with Gasteiger partial charge in [-0.2, -0.15) is 0 Å². The van der Waals surface area contributed by atoms with Gasteiger partial charge in [0.15, 0.2) is 0 Å². The topological polar surface area (TPSA) is 86.8 Å². The highest BCUT2D eigenvalue weighted by Crippen LogP contribution is 2.28. The molecule has 4 aromatic rings. The van der Waals surface area contributed by atoms with Crippen molar-refractivity contribution in [3.8, 4) is 0 Å². The number of sulfonamides is 1. The highest BCUT2D eigenvalue weighted by atomic mass is 35.5. The van der Waals surface area contributed by atoms with E-state index in [4.69, 9.17) is 34.8 Å². The Bertz CT molecular complexity index is 1720. The van der Waals surface area contributed by atoms with Crippen LogP contribution in [0.5, 0.6) is 0 Å². The van der Waals surface area contributed by atoms with Crippen molar-refractivity contribution in [3.63, 3.8) is 0 Å². The Morgan fingerprint density at radius 1 is 0.800 bits per heavy atom. The fraction of sp³-hybridized carbons (Fsp3) is 0.235. The molecule has 0 radical (unpaired) electrons. The van der Waals surface area contributed by atoms with Crippen molar-refractivity contribution in [3.05, 3.63) is 129 Å². The first-order valence-electron chi connectivity index (χ1n) is 14.3. The maximum absolute atomic E-state index is 14.5. The summed E-state index contributed by atoms with van der Waals surface area (Å²) in [4.78, 5) is 29.7. The Labute approximate surface area is 279 Å². The molecule has 236 valence electrons. The molecular weight excluding hydrogens is 653 g/mol. The molecule has 4 aromatic carbocycles. The van der Waals surface area contributed by atoms with Gasteiger partial charge in [-0.15, -0.1) is 0 Å². The summed E-state index contributed by atoms with van der Waals surface area (Å²) in [5, 5.41) is 3.98. The van der Waals surface area contributed by atoms with Gasteiger partial charge in [-0.1, -0.05) is 109 Å². The molecule has 7 nitrogen and oxygen atoms in total. The van der Waals surface area contributed by atoms with Gasteiger partial charge in [-0.25, -0.2) is 8.42 Å². The van der Waals surface area contributed by atoms with Crippen molar-refractivity contribution in [2.75, 3.05) is 17.4 Å². The minimum absolute atomic E-state index is 0.000540. The number of hydrogen-bond donors (Lipinski definition) is 1. The maximum atomic E-state index is 14.5. The number of nitrogens with zero attached hydrogens (tertiary/aromatic N) is 2. The fourth-order valence-electron chi connectivity index (χ4n) is 4.69. The van der Waals surface area contributed by atoms with Crippen molar-refractivity contribution in [1.29, 1.82) is 0 Å². The molecule has 0 aliphatic heterocycles. The predicted octanol–water partition coefficient (Wildman–Crippen LogP) is 7.25. The summed E-state index contributed by atoms with van der Waals surface area (Å²) in [6.45, 7) is 3.66. The van der Waals surface area contributed by atoms with Crippen LogP contribution in [-0.2, 0) is 32.6 Å². The number of amides is 2. The number of nitrogens with one attached hydrogen (secondary N) is 1. The van der Waals surface area contributed by atoms with Crippen molar-refractivity contribution < 1.29 is 18.0 Å². The molecule has 1 N–H and O–H groups in total. The van der Waals surface area contributed by atoms with E-state index in [9.17, 15) is 18.0 Å². The SMILES string of the molecule is CC(C)CNC(=O)C(Cc1ccccc1)N(Cc1ccc(Cl)cc1Cl)C(=O)CN(c1cccc(Cl)c1)S(=O)(=O)c1ccccc1. The zero-order chi connectivity index (χ0) is 32.6. The highest BCUT2D eigenvalue weighted by molar-refractivity contribution is 7.92. The lowest BCUT2D eigenvalue weighted by Crippen LogP contribution is -2.53. The Hall–Kier alpha value is -3.56. The molecule has 2 amide bonds. The summed E-state index contributed by atoms with van der Waals surface area (Å²) in [5.74, 6) is -0.817. The minimum atomic E-state index is -4.23. The Morgan fingerprint density at radius 3 is 2.07 bits per heavy atom. The molecule has 0 aliphatic carbocycles. The van der Waals surface area contributed by atoms with Gasteiger partial charge in [0.05, 0.1) is 10.6 Å². The number of halogens is 3. The number of carbonyl (C=O) groups excluding carboxylic acids is 2. The summed E-state index contributed by atoms with van der Waals surface area (Å²) in [7, 11) is -4.23. The monoisotopic (exact) mass is 685 g/mol. The Morgan fingerprint density at radius 2 is 1.44 bits per heavy atom. The van der Waals surface area contributed by atoms with E-state index in [2.05, 4.69) is 5.32 Å². The van der Waals surface area contributed by atoms with E-state index in [1.165, 1.54) is 23.1 Å². The first-order chi connectivity index (χ1) is 21.5. The van der Waals surface area contributed by atoms with Crippen LogP contribution >= 0.6 is 34.8 Å². The van der Waals surface area contributed by atoms with E-state index in [1.54, 1.807) is 54.6 Å². The summed E-state index contributed by atoms with van der Waals surface area (Å²) in [6, 6.07) is 27.3. The van der Waals surface area contributed by atoms with E-state index in [1.807, 2.05) is 44.2 Å². The lowest BCUT2D eigenvalue weighted by Gasteiger charge is -2.34. The lowest BCUT2D eigenvalue weighted by atomic mass is 10.0. The van der Waals surface area contributed by atoms with Crippen LogP contribution in [0.2, 0.25) is 15.1 Å². The van der Waals surface area contributed by atoms with E-state index < -0.39 is 28.5 Å². The van der Waals surface area contributed by atoms with Crippen LogP contribution < -0.4 is 9.62 Å². The van der Waals surface area contributed by atoms with Gasteiger partial charge < -0.3 is 10.2 Å². The Kier molecular flexibility index (Phi) is 11.9. The van der Waals surface area contributed by atoms with E-state index in [0.717, 1.165) is 9.87 Å². The van der Waals surface area contributed by atoms with Gasteiger partial charge in [-0.3, -0.25) is 13.9 Å². The van der Waals surface area contributed by atoms with Gasteiger partial charge in [0.1, 0.15) is 12.6 Å². The molecular formula is C34H34Cl3N3O4S. The van der Waals surface area contributed by atoms with E-state index in [0.29, 0.717) is 27.2 Å². The molecule has 11 heteroatoms.